The first kappa shape index (κ1) is 16.3. The van der Waals surface area contributed by atoms with Gasteiger partial charge in [0.15, 0.2) is 0 Å². The molecule has 0 aromatic heterocycles. The summed E-state index contributed by atoms with van der Waals surface area (Å²) in [4.78, 5) is 11.4. The Hall–Kier alpha value is -1.71. The summed E-state index contributed by atoms with van der Waals surface area (Å²) in [5, 5.41) is 5.84. The quantitative estimate of drug-likeness (QED) is 0.646. The summed E-state index contributed by atoms with van der Waals surface area (Å²) in [6.45, 7) is 5.80. The zero-order valence-corrected chi connectivity index (χ0v) is 12.6. The van der Waals surface area contributed by atoms with Gasteiger partial charge in [-0.25, -0.2) is 0 Å². The van der Waals surface area contributed by atoms with Crippen LogP contribution in [0.2, 0.25) is 0 Å². The lowest BCUT2D eigenvalue weighted by Crippen LogP contribution is -2.29. The number of hydrogen-bond donors (Lipinski definition) is 2. The van der Waals surface area contributed by atoms with Crippen molar-refractivity contribution in [2.24, 2.45) is 0 Å². The van der Waals surface area contributed by atoms with Crippen molar-refractivity contribution in [2.45, 2.75) is 39.5 Å². The van der Waals surface area contributed by atoms with Crippen LogP contribution in [0.3, 0.4) is 0 Å². The zero-order valence-electron chi connectivity index (χ0n) is 12.6. The third-order valence-electron chi connectivity index (χ3n) is 2.93. The fourth-order valence-electron chi connectivity index (χ4n) is 1.86. The van der Waals surface area contributed by atoms with E-state index in [-0.39, 0.29) is 12.5 Å². The summed E-state index contributed by atoms with van der Waals surface area (Å²) in [6.07, 6.45) is 4.80. The molecule has 0 aliphatic heterocycles. The highest BCUT2D eigenvalue weighted by molar-refractivity contribution is 5.80. The lowest BCUT2D eigenvalue weighted by Gasteiger charge is -2.09. The second-order valence-corrected chi connectivity index (χ2v) is 4.74. The second-order valence-electron chi connectivity index (χ2n) is 4.74. The van der Waals surface area contributed by atoms with E-state index in [1.165, 1.54) is 19.3 Å². The number of carbonyl (C=O) groups excluding carboxylic acids is 1. The minimum Gasteiger partial charge on any atom is -0.494 e. The third-order valence-corrected chi connectivity index (χ3v) is 2.93. The molecular formula is C16H26N2O2. The van der Waals surface area contributed by atoms with E-state index in [1.807, 2.05) is 31.2 Å². The fraction of sp³-hybridized carbons (Fsp3) is 0.562. The van der Waals surface area contributed by atoms with E-state index in [0.29, 0.717) is 6.54 Å². The van der Waals surface area contributed by atoms with E-state index in [1.54, 1.807) is 0 Å². The van der Waals surface area contributed by atoms with Gasteiger partial charge in [-0.1, -0.05) is 32.3 Å². The number of benzene rings is 1. The molecule has 20 heavy (non-hydrogen) atoms. The standard InChI is InChI=1S/C16H26N2O2/c1-3-5-6-7-11-20-15-10-8-9-14(12-15)18-13-16(19)17-4-2/h8-10,12,18H,3-7,11,13H2,1-2H3,(H,17,19). The smallest absolute Gasteiger partial charge is 0.239 e. The molecule has 0 spiro atoms. The molecule has 0 aliphatic rings. The Bertz CT molecular complexity index is 394. The van der Waals surface area contributed by atoms with Gasteiger partial charge in [0.1, 0.15) is 5.75 Å². The van der Waals surface area contributed by atoms with Crippen molar-refractivity contribution < 1.29 is 9.53 Å². The van der Waals surface area contributed by atoms with Crippen LogP contribution in [0.15, 0.2) is 24.3 Å². The Morgan fingerprint density at radius 2 is 2.05 bits per heavy atom. The molecule has 0 heterocycles. The van der Waals surface area contributed by atoms with Gasteiger partial charge in [-0.3, -0.25) is 4.79 Å². The van der Waals surface area contributed by atoms with Crippen molar-refractivity contribution in [1.29, 1.82) is 0 Å². The Balaban J connectivity index is 2.31. The minimum absolute atomic E-state index is 0.00149. The average Bonchev–Trinajstić information content (AvgIpc) is 2.46. The number of rotatable bonds is 10. The molecule has 1 rings (SSSR count). The van der Waals surface area contributed by atoms with Crippen LogP contribution in [0.4, 0.5) is 5.69 Å². The van der Waals surface area contributed by atoms with E-state index in [2.05, 4.69) is 17.6 Å². The molecule has 0 radical (unpaired) electrons. The van der Waals surface area contributed by atoms with E-state index in [0.717, 1.165) is 24.5 Å². The maximum Gasteiger partial charge on any atom is 0.239 e. The third kappa shape index (κ3) is 7.02. The topological polar surface area (TPSA) is 50.4 Å². The largest absolute Gasteiger partial charge is 0.494 e. The zero-order chi connectivity index (χ0) is 14.6. The number of nitrogens with one attached hydrogen (secondary N) is 2. The number of anilines is 1. The number of likely N-dealkylation sites (N-methyl/N-ethyl adjacent to an activating group) is 1. The van der Waals surface area contributed by atoms with Gasteiger partial charge in [0.05, 0.1) is 13.2 Å². The van der Waals surface area contributed by atoms with Gasteiger partial charge in [0.25, 0.3) is 0 Å². The highest BCUT2D eigenvalue weighted by Crippen LogP contribution is 2.17. The van der Waals surface area contributed by atoms with Crippen LogP contribution in [-0.4, -0.2) is 25.6 Å². The fourth-order valence-corrected chi connectivity index (χ4v) is 1.86. The SMILES string of the molecule is CCCCCCOc1cccc(NCC(=O)NCC)c1. The van der Waals surface area contributed by atoms with Crippen molar-refractivity contribution in [3.8, 4) is 5.75 Å². The predicted molar refractivity (Wildman–Crippen MR) is 83.3 cm³/mol. The molecule has 1 amide bonds. The molecule has 0 unspecified atom stereocenters. The summed E-state index contributed by atoms with van der Waals surface area (Å²) in [5.41, 5.74) is 0.905. The summed E-state index contributed by atoms with van der Waals surface area (Å²) >= 11 is 0. The Morgan fingerprint density at radius 1 is 1.20 bits per heavy atom. The first-order valence-corrected chi connectivity index (χ1v) is 7.49. The van der Waals surface area contributed by atoms with Crippen molar-refractivity contribution in [3.63, 3.8) is 0 Å². The van der Waals surface area contributed by atoms with Crippen LogP contribution in [0.5, 0.6) is 5.75 Å². The molecule has 0 fully saturated rings. The minimum atomic E-state index is -0.00149. The molecule has 0 aliphatic carbocycles. The maximum absolute atomic E-state index is 11.4. The van der Waals surface area contributed by atoms with E-state index < -0.39 is 0 Å². The molecule has 0 atom stereocenters. The van der Waals surface area contributed by atoms with E-state index in [4.69, 9.17) is 4.74 Å². The molecule has 4 nitrogen and oxygen atoms in total. The van der Waals surface area contributed by atoms with E-state index in [9.17, 15) is 4.79 Å². The average molecular weight is 278 g/mol. The lowest BCUT2D eigenvalue weighted by atomic mass is 10.2. The summed E-state index contributed by atoms with van der Waals surface area (Å²) in [5.74, 6) is 0.848. The Morgan fingerprint density at radius 3 is 2.80 bits per heavy atom. The summed E-state index contributed by atoms with van der Waals surface area (Å²) in [6, 6.07) is 7.74. The number of hydrogen-bond acceptors (Lipinski definition) is 3. The van der Waals surface area contributed by atoms with Gasteiger partial charge in [-0.15, -0.1) is 0 Å². The van der Waals surface area contributed by atoms with Crippen LogP contribution in [-0.2, 0) is 4.79 Å². The first-order valence-electron chi connectivity index (χ1n) is 7.49. The van der Waals surface area contributed by atoms with Gasteiger partial charge in [-0.2, -0.15) is 0 Å². The van der Waals surface area contributed by atoms with Crippen molar-refractivity contribution in [3.05, 3.63) is 24.3 Å². The highest BCUT2D eigenvalue weighted by atomic mass is 16.5. The molecule has 2 N–H and O–H groups in total. The first-order chi connectivity index (χ1) is 9.76. The monoisotopic (exact) mass is 278 g/mol. The molecule has 0 saturated heterocycles. The number of unbranched alkanes of at least 4 members (excludes halogenated alkanes) is 3. The molecule has 4 heteroatoms. The van der Waals surface area contributed by atoms with E-state index >= 15 is 0 Å². The molecule has 0 bridgehead atoms. The molecule has 1 aromatic rings. The maximum atomic E-state index is 11.4. The second kappa shape index (κ2) is 10.1. The van der Waals surface area contributed by atoms with Crippen LogP contribution in [0, 0.1) is 0 Å². The lowest BCUT2D eigenvalue weighted by molar-refractivity contribution is -0.119. The van der Waals surface area contributed by atoms with Crippen LogP contribution >= 0.6 is 0 Å². The Kier molecular flexibility index (Phi) is 8.27. The predicted octanol–water partition coefficient (Wildman–Crippen LogP) is 3.19. The molecule has 1 aromatic carbocycles. The van der Waals surface area contributed by atoms with Crippen molar-refractivity contribution in [1.82, 2.24) is 5.32 Å². The van der Waals surface area contributed by atoms with Gasteiger partial charge in [0.2, 0.25) is 5.91 Å². The molecule has 0 saturated carbocycles. The van der Waals surface area contributed by atoms with Crippen LogP contribution < -0.4 is 15.4 Å². The van der Waals surface area contributed by atoms with Crippen LogP contribution in [0.1, 0.15) is 39.5 Å². The van der Waals surface area contributed by atoms with Gasteiger partial charge in [-0.05, 0) is 25.5 Å². The number of amides is 1. The van der Waals surface area contributed by atoms with Crippen molar-refractivity contribution >= 4 is 11.6 Å². The normalized spacial score (nSPS) is 10.1. The number of carbonyl (C=O) groups is 1. The van der Waals surface area contributed by atoms with Gasteiger partial charge in [0, 0.05) is 18.3 Å². The summed E-state index contributed by atoms with van der Waals surface area (Å²) < 4.78 is 5.71. The summed E-state index contributed by atoms with van der Waals surface area (Å²) in [7, 11) is 0. The van der Waals surface area contributed by atoms with Gasteiger partial charge >= 0.3 is 0 Å². The number of ether oxygens (including phenoxy) is 1. The molecule has 112 valence electrons. The van der Waals surface area contributed by atoms with Crippen molar-refractivity contribution in [2.75, 3.05) is 25.0 Å². The van der Waals surface area contributed by atoms with Gasteiger partial charge < -0.3 is 15.4 Å². The Labute approximate surface area is 121 Å². The highest BCUT2D eigenvalue weighted by Gasteiger charge is 2.00. The molecular weight excluding hydrogens is 252 g/mol. The van der Waals surface area contributed by atoms with Crippen LogP contribution in [0.25, 0.3) is 0 Å².